The molecular formula is C14H21N3O. The number of fused-ring (bicyclic) bond motifs is 1. The number of aromatic nitrogens is 1. The van der Waals surface area contributed by atoms with Crippen LogP contribution >= 0.6 is 0 Å². The maximum Gasteiger partial charge on any atom is 0.210 e. The second kappa shape index (κ2) is 4.52. The van der Waals surface area contributed by atoms with Crippen molar-refractivity contribution in [3.8, 4) is 5.88 Å². The second-order valence-electron chi connectivity index (χ2n) is 5.53. The lowest BCUT2D eigenvalue weighted by Crippen LogP contribution is -2.54. The second-order valence-corrected chi connectivity index (χ2v) is 5.53. The molecule has 3 rings (SSSR count). The van der Waals surface area contributed by atoms with E-state index in [1.165, 1.54) is 12.0 Å². The number of piperazine rings is 1. The molecule has 0 bridgehead atoms. The van der Waals surface area contributed by atoms with Gasteiger partial charge in [-0.1, -0.05) is 0 Å². The standard InChI is InChI=1S/C14H21N3O/c1-14(17-9-7-15-8-10-17)6-2-3-12-11(14)4-5-13(18)16-12/h4-5,15H,2-3,6-10H2,1H3,(H,16,18). The van der Waals surface area contributed by atoms with Gasteiger partial charge in [-0.25, -0.2) is 4.98 Å². The Bertz CT molecular complexity index is 443. The quantitative estimate of drug-likeness (QED) is 0.784. The number of rotatable bonds is 1. The molecule has 0 saturated carbocycles. The molecule has 1 unspecified atom stereocenters. The van der Waals surface area contributed by atoms with Gasteiger partial charge in [0, 0.05) is 43.5 Å². The van der Waals surface area contributed by atoms with Gasteiger partial charge in [0.05, 0.1) is 0 Å². The Hall–Kier alpha value is -1.13. The van der Waals surface area contributed by atoms with Crippen molar-refractivity contribution in [1.29, 1.82) is 0 Å². The highest BCUT2D eigenvalue weighted by Gasteiger charge is 2.38. The van der Waals surface area contributed by atoms with Crippen LogP contribution in [0.3, 0.4) is 0 Å². The molecule has 2 aliphatic rings. The minimum absolute atomic E-state index is 0.0936. The van der Waals surface area contributed by atoms with Crippen molar-refractivity contribution in [1.82, 2.24) is 15.2 Å². The number of hydrogen-bond donors (Lipinski definition) is 2. The Kier molecular flexibility index (Phi) is 2.99. The van der Waals surface area contributed by atoms with E-state index in [0.717, 1.165) is 44.7 Å². The zero-order chi connectivity index (χ0) is 12.6. The van der Waals surface area contributed by atoms with Crippen molar-refractivity contribution in [2.24, 2.45) is 0 Å². The minimum Gasteiger partial charge on any atom is -0.493 e. The molecule has 18 heavy (non-hydrogen) atoms. The van der Waals surface area contributed by atoms with Gasteiger partial charge in [-0.3, -0.25) is 4.90 Å². The van der Waals surface area contributed by atoms with Gasteiger partial charge < -0.3 is 10.4 Å². The van der Waals surface area contributed by atoms with E-state index in [1.54, 1.807) is 6.07 Å². The lowest BCUT2D eigenvalue weighted by molar-refractivity contribution is 0.0694. The van der Waals surface area contributed by atoms with Crippen LogP contribution in [0, 0.1) is 0 Å². The molecule has 0 aromatic carbocycles. The molecule has 0 spiro atoms. The molecule has 1 fully saturated rings. The summed E-state index contributed by atoms with van der Waals surface area (Å²) in [5.74, 6) is 0.151. The highest BCUT2D eigenvalue weighted by atomic mass is 16.3. The highest BCUT2D eigenvalue weighted by Crippen LogP contribution is 2.39. The summed E-state index contributed by atoms with van der Waals surface area (Å²) in [7, 11) is 0. The fourth-order valence-electron chi connectivity index (χ4n) is 3.39. The van der Waals surface area contributed by atoms with Crippen molar-refractivity contribution in [3.63, 3.8) is 0 Å². The Morgan fingerprint density at radius 2 is 2.11 bits per heavy atom. The molecule has 0 radical (unpaired) electrons. The highest BCUT2D eigenvalue weighted by molar-refractivity contribution is 5.34. The lowest BCUT2D eigenvalue weighted by Gasteiger charge is -2.46. The topological polar surface area (TPSA) is 48.4 Å². The van der Waals surface area contributed by atoms with Crippen LogP contribution in [0.25, 0.3) is 0 Å². The average molecular weight is 247 g/mol. The summed E-state index contributed by atoms with van der Waals surface area (Å²) < 4.78 is 0. The number of hydrogen-bond acceptors (Lipinski definition) is 4. The fourth-order valence-corrected chi connectivity index (χ4v) is 3.39. The average Bonchev–Trinajstić information content (AvgIpc) is 2.40. The van der Waals surface area contributed by atoms with E-state index >= 15 is 0 Å². The Labute approximate surface area is 108 Å². The number of aromatic hydroxyl groups is 1. The van der Waals surface area contributed by atoms with E-state index in [9.17, 15) is 5.11 Å². The Morgan fingerprint density at radius 3 is 2.89 bits per heavy atom. The number of aryl methyl sites for hydroxylation is 1. The van der Waals surface area contributed by atoms with Gasteiger partial charge >= 0.3 is 0 Å². The number of nitrogens with zero attached hydrogens (tertiary/aromatic N) is 2. The van der Waals surface area contributed by atoms with Crippen LogP contribution < -0.4 is 5.32 Å². The molecule has 1 aliphatic heterocycles. The van der Waals surface area contributed by atoms with E-state index in [4.69, 9.17) is 0 Å². The molecule has 4 nitrogen and oxygen atoms in total. The summed E-state index contributed by atoms with van der Waals surface area (Å²) in [5.41, 5.74) is 2.49. The van der Waals surface area contributed by atoms with Crippen molar-refractivity contribution in [2.75, 3.05) is 26.2 Å². The molecule has 1 saturated heterocycles. The van der Waals surface area contributed by atoms with Crippen LogP contribution in [0.15, 0.2) is 12.1 Å². The molecule has 1 aliphatic carbocycles. The summed E-state index contributed by atoms with van der Waals surface area (Å²) in [6.45, 7) is 6.65. The fraction of sp³-hybridized carbons (Fsp3) is 0.643. The first-order chi connectivity index (χ1) is 8.70. The Balaban J connectivity index is 1.98. The van der Waals surface area contributed by atoms with E-state index in [-0.39, 0.29) is 11.4 Å². The van der Waals surface area contributed by atoms with Gasteiger partial charge in [-0.05, 0) is 37.8 Å². The minimum atomic E-state index is 0.0936. The van der Waals surface area contributed by atoms with E-state index < -0.39 is 0 Å². The monoisotopic (exact) mass is 247 g/mol. The summed E-state index contributed by atoms with van der Waals surface area (Å²) in [4.78, 5) is 6.89. The number of pyridine rings is 1. The van der Waals surface area contributed by atoms with Gasteiger partial charge in [0.15, 0.2) is 0 Å². The first kappa shape index (κ1) is 11.9. The van der Waals surface area contributed by atoms with Crippen LogP contribution in [-0.2, 0) is 12.0 Å². The summed E-state index contributed by atoms with van der Waals surface area (Å²) in [6, 6.07) is 3.80. The van der Waals surface area contributed by atoms with Gasteiger partial charge in [0.25, 0.3) is 0 Å². The molecule has 2 heterocycles. The van der Waals surface area contributed by atoms with Crippen LogP contribution in [0.1, 0.15) is 31.0 Å². The van der Waals surface area contributed by atoms with Crippen molar-refractivity contribution < 1.29 is 5.11 Å². The van der Waals surface area contributed by atoms with E-state index in [0.29, 0.717) is 0 Å². The number of nitrogens with one attached hydrogen (secondary N) is 1. The Morgan fingerprint density at radius 1 is 1.33 bits per heavy atom. The van der Waals surface area contributed by atoms with Gasteiger partial charge in [0.1, 0.15) is 0 Å². The lowest BCUT2D eigenvalue weighted by atomic mass is 9.78. The SMILES string of the molecule is CC1(N2CCNCC2)CCCc2nc(O)ccc21. The third kappa shape index (κ3) is 1.89. The first-order valence-electron chi connectivity index (χ1n) is 6.85. The summed E-state index contributed by atoms with van der Waals surface area (Å²) >= 11 is 0. The third-order valence-electron chi connectivity index (χ3n) is 4.43. The van der Waals surface area contributed by atoms with Crippen molar-refractivity contribution in [2.45, 2.75) is 31.7 Å². The smallest absolute Gasteiger partial charge is 0.210 e. The van der Waals surface area contributed by atoms with Gasteiger partial charge in [-0.15, -0.1) is 0 Å². The molecule has 1 atom stereocenters. The van der Waals surface area contributed by atoms with Crippen molar-refractivity contribution in [3.05, 3.63) is 23.4 Å². The molecular weight excluding hydrogens is 226 g/mol. The van der Waals surface area contributed by atoms with Gasteiger partial charge in [-0.2, -0.15) is 0 Å². The molecule has 4 heteroatoms. The van der Waals surface area contributed by atoms with Gasteiger partial charge in [0.2, 0.25) is 5.88 Å². The molecule has 0 amide bonds. The largest absolute Gasteiger partial charge is 0.493 e. The maximum absolute atomic E-state index is 9.53. The normalized spacial score (nSPS) is 28.9. The zero-order valence-electron chi connectivity index (χ0n) is 10.9. The van der Waals surface area contributed by atoms with Crippen molar-refractivity contribution >= 4 is 0 Å². The molecule has 2 N–H and O–H groups in total. The van der Waals surface area contributed by atoms with Crippen LogP contribution in [-0.4, -0.2) is 41.2 Å². The first-order valence-corrected chi connectivity index (χ1v) is 6.85. The maximum atomic E-state index is 9.53. The van der Waals surface area contributed by atoms with E-state index in [2.05, 4.69) is 28.2 Å². The zero-order valence-corrected chi connectivity index (χ0v) is 10.9. The molecule has 1 aromatic rings. The third-order valence-corrected chi connectivity index (χ3v) is 4.43. The van der Waals surface area contributed by atoms with E-state index in [1.807, 2.05) is 0 Å². The predicted molar refractivity (Wildman–Crippen MR) is 70.6 cm³/mol. The molecule has 1 aromatic heterocycles. The van der Waals surface area contributed by atoms with Crippen LogP contribution in [0.5, 0.6) is 5.88 Å². The summed E-state index contributed by atoms with van der Waals surface area (Å²) in [5, 5.41) is 12.9. The van der Waals surface area contributed by atoms with Crippen LogP contribution in [0.4, 0.5) is 0 Å². The predicted octanol–water partition coefficient (Wildman–Crippen LogP) is 1.24. The molecule has 98 valence electrons. The van der Waals surface area contributed by atoms with Crippen LogP contribution in [0.2, 0.25) is 0 Å². The summed E-state index contributed by atoms with van der Waals surface area (Å²) in [6.07, 6.45) is 3.34.